The molecular weight excluding hydrogens is 261 g/mol. The fourth-order valence-corrected chi connectivity index (χ4v) is 1.50. The predicted molar refractivity (Wildman–Crippen MR) is 64.7 cm³/mol. The second-order valence-electron chi connectivity index (χ2n) is 3.14. The molecule has 0 saturated heterocycles. The maximum atomic E-state index is 7.41. The molecule has 0 amide bonds. The second-order valence-corrected chi connectivity index (χ2v) is 3.91. The first-order chi connectivity index (χ1) is 8.22. The van der Waals surface area contributed by atoms with Crippen LogP contribution < -0.4 is 0 Å². The number of aromatic nitrogens is 4. The van der Waals surface area contributed by atoms with Crippen LogP contribution in [0.5, 0.6) is 0 Å². The molecule has 7 heteroatoms. The molecule has 0 bridgehead atoms. The van der Waals surface area contributed by atoms with E-state index in [1.165, 1.54) is 12.4 Å². The van der Waals surface area contributed by atoms with Crippen molar-refractivity contribution in [3.8, 4) is 0 Å². The molecule has 1 unspecified atom stereocenters. The zero-order valence-corrected chi connectivity index (χ0v) is 10.0. The van der Waals surface area contributed by atoms with E-state index in [1.807, 2.05) is 0 Å². The summed E-state index contributed by atoms with van der Waals surface area (Å²) >= 11 is 11.5. The quantitative estimate of drug-likeness (QED) is 0.684. The highest BCUT2D eigenvalue weighted by atomic mass is 35.5. The molecule has 0 fully saturated rings. The monoisotopic (exact) mass is 267 g/mol. The van der Waals surface area contributed by atoms with Gasteiger partial charge in [0.25, 0.3) is 0 Å². The van der Waals surface area contributed by atoms with Crippen LogP contribution in [0.4, 0.5) is 0 Å². The summed E-state index contributed by atoms with van der Waals surface area (Å²) in [7, 11) is 0. The maximum absolute atomic E-state index is 7.41. The molecule has 2 rings (SSSR count). The maximum Gasteiger partial charge on any atom is 0.151 e. The Balaban J connectivity index is 2.42. The third-order valence-corrected chi connectivity index (χ3v) is 2.73. The van der Waals surface area contributed by atoms with E-state index in [1.54, 1.807) is 18.6 Å². The molecule has 1 N–H and O–H groups in total. The molecule has 17 heavy (non-hydrogen) atoms. The van der Waals surface area contributed by atoms with Crippen molar-refractivity contribution in [2.24, 2.45) is 0 Å². The van der Waals surface area contributed by atoms with Gasteiger partial charge in [0.1, 0.15) is 5.82 Å². The molecule has 0 aliphatic heterocycles. The number of hydrogen-bond acceptors (Lipinski definition) is 5. The molecule has 5 nitrogen and oxygen atoms in total. The number of rotatable bonds is 3. The molecule has 2 aromatic rings. The molecule has 86 valence electrons. The second kappa shape index (κ2) is 5.16. The van der Waals surface area contributed by atoms with Gasteiger partial charge >= 0.3 is 0 Å². The van der Waals surface area contributed by atoms with Crippen LogP contribution in [0.3, 0.4) is 0 Å². The van der Waals surface area contributed by atoms with Crippen molar-refractivity contribution in [2.75, 3.05) is 0 Å². The third-order valence-electron chi connectivity index (χ3n) is 2.07. The van der Waals surface area contributed by atoms with Crippen molar-refractivity contribution < 1.29 is 0 Å². The Morgan fingerprint density at radius 1 is 1.18 bits per heavy atom. The topological polar surface area (TPSA) is 75.4 Å². The first-order valence-electron chi connectivity index (χ1n) is 4.67. The van der Waals surface area contributed by atoms with Gasteiger partial charge in [0.05, 0.1) is 22.8 Å². The van der Waals surface area contributed by atoms with Crippen molar-refractivity contribution in [1.29, 1.82) is 5.41 Å². The number of nitrogens with zero attached hydrogens (tertiary/aromatic N) is 4. The van der Waals surface area contributed by atoms with Gasteiger partial charge in [0.2, 0.25) is 0 Å². The fraction of sp³-hybridized carbons (Fsp3) is 0.100. The molecular formula is C10H7Cl2N5. The van der Waals surface area contributed by atoms with E-state index in [2.05, 4.69) is 19.9 Å². The normalized spacial score (nSPS) is 12.1. The van der Waals surface area contributed by atoms with E-state index in [0.717, 1.165) is 0 Å². The fourth-order valence-electron chi connectivity index (χ4n) is 1.27. The highest BCUT2D eigenvalue weighted by Crippen LogP contribution is 2.22. The van der Waals surface area contributed by atoms with Crippen molar-refractivity contribution in [3.05, 3.63) is 46.5 Å². The third kappa shape index (κ3) is 2.57. The molecule has 0 aliphatic carbocycles. The lowest BCUT2D eigenvalue weighted by molar-refractivity contribution is 0.876. The van der Waals surface area contributed by atoms with Crippen molar-refractivity contribution in [2.45, 2.75) is 5.92 Å². The zero-order chi connectivity index (χ0) is 12.3. The summed E-state index contributed by atoms with van der Waals surface area (Å²) in [4.78, 5) is 16.1. The molecule has 0 saturated carbocycles. The Morgan fingerprint density at radius 2 is 2.00 bits per heavy atom. The van der Waals surface area contributed by atoms with E-state index in [0.29, 0.717) is 11.5 Å². The van der Waals surface area contributed by atoms with E-state index >= 15 is 0 Å². The SMILES string of the molecule is N=CC(c1cnccn1)c1ncc(Cl)c(Cl)n1. The molecule has 0 aliphatic rings. The standard InChI is InChI=1S/C10H7Cl2N5/c11-7-4-16-10(17-9(7)12)6(3-13)8-5-14-1-2-15-8/h1-6,13H. The van der Waals surface area contributed by atoms with Gasteiger partial charge in [0.15, 0.2) is 5.15 Å². The smallest absolute Gasteiger partial charge is 0.151 e. The first-order valence-corrected chi connectivity index (χ1v) is 5.42. The minimum Gasteiger partial charge on any atom is -0.312 e. The van der Waals surface area contributed by atoms with E-state index in [-0.39, 0.29) is 10.2 Å². The van der Waals surface area contributed by atoms with Crippen LogP contribution in [0, 0.1) is 5.41 Å². The Bertz CT molecular complexity index is 531. The number of halogens is 2. The molecule has 1 atom stereocenters. The summed E-state index contributed by atoms with van der Waals surface area (Å²) in [5.41, 5.74) is 0.584. The van der Waals surface area contributed by atoms with Crippen molar-refractivity contribution in [1.82, 2.24) is 19.9 Å². The average Bonchev–Trinajstić information content (AvgIpc) is 2.36. The van der Waals surface area contributed by atoms with E-state index < -0.39 is 5.92 Å². The van der Waals surface area contributed by atoms with Crippen LogP contribution in [0.1, 0.15) is 17.4 Å². The van der Waals surface area contributed by atoms with Crippen LogP contribution in [0.2, 0.25) is 10.2 Å². The Morgan fingerprint density at radius 3 is 2.59 bits per heavy atom. The van der Waals surface area contributed by atoms with Gasteiger partial charge in [-0.2, -0.15) is 0 Å². The first kappa shape index (κ1) is 11.9. The minimum atomic E-state index is -0.474. The summed E-state index contributed by atoms with van der Waals surface area (Å²) in [6, 6.07) is 0. The van der Waals surface area contributed by atoms with Gasteiger partial charge in [-0.05, 0) is 0 Å². The molecule has 0 aromatic carbocycles. The Labute approximate surface area is 107 Å². The molecule has 2 heterocycles. The highest BCUT2D eigenvalue weighted by Gasteiger charge is 2.17. The van der Waals surface area contributed by atoms with Gasteiger partial charge in [-0.25, -0.2) is 9.97 Å². The van der Waals surface area contributed by atoms with Gasteiger partial charge in [-0.3, -0.25) is 9.97 Å². The summed E-state index contributed by atoms with van der Waals surface area (Å²) in [6.45, 7) is 0. The summed E-state index contributed by atoms with van der Waals surface area (Å²) in [6.07, 6.45) is 7.24. The van der Waals surface area contributed by atoms with E-state index in [4.69, 9.17) is 28.6 Å². The van der Waals surface area contributed by atoms with Crippen LogP contribution in [-0.4, -0.2) is 26.2 Å². The molecule has 0 spiro atoms. The lowest BCUT2D eigenvalue weighted by atomic mass is 10.1. The van der Waals surface area contributed by atoms with Crippen LogP contribution >= 0.6 is 23.2 Å². The van der Waals surface area contributed by atoms with E-state index in [9.17, 15) is 0 Å². The number of hydrogen-bond donors (Lipinski definition) is 1. The lowest BCUT2D eigenvalue weighted by Crippen LogP contribution is -2.09. The van der Waals surface area contributed by atoms with Gasteiger partial charge < -0.3 is 5.41 Å². The Hall–Kier alpha value is -1.59. The lowest BCUT2D eigenvalue weighted by Gasteiger charge is -2.09. The summed E-state index contributed by atoms with van der Waals surface area (Å²) in [5, 5.41) is 7.85. The van der Waals surface area contributed by atoms with Crippen molar-refractivity contribution >= 4 is 29.4 Å². The van der Waals surface area contributed by atoms with Crippen LogP contribution in [0.25, 0.3) is 0 Å². The predicted octanol–water partition coefficient (Wildman–Crippen LogP) is 2.35. The summed E-state index contributed by atoms with van der Waals surface area (Å²) < 4.78 is 0. The average molecular weight is 268 g/mol. The van der Waals surface area contributed by atoms with Crippen LogP contribution in [0.15, 0.2) is 24.8 Å². The van der Waals surface area contributed by atoms with Crippen molar-refractivity contribution in [3.63, 3.8) is 0 Å². The van der Waals surface area contributed by atoms with Gasteiger partial charge in [0, 0.05) is 24.8 Å². The van der Waals surface area contributed by atoms with Gasteiger partial charge in [-0.1, -0.05) is 23.2 Å². The van der Waals surface area contributed by atoms with Crippen LogP contribution in [-0.2, 0) is 0 Å². The Kier molecular flexibility index (Phi) is 3.61. The minimum absolute atomic E-state index is 0.160. The largest absolute Gasteiger partial charge is 0.312 e. The summed E-state index contributed by atoms with van der Waals surface area (Å²) in [5.74, 6) is -0.103. The molecule has 0 radical (unpaired) electrons. The zero-order valence-electron chi connectivity index (χ0n) is 8.51. The number of nitrogens with one attached hydrogen (secondary N) is 1. The molecule has 2 aromatic heterocycles. The van der Waals surface area contributed by atoms with Gasteiger partial charge in [-0.15, -0.1) is 0 Å². The highest BCUT2D eigenvalue weighted by molar-refractivity contribution is 6.41.